The Labute approximate surface area is 365 Å². The van der Waals surface area contributed by atoms with Crippen LogP contribution in [0.3, 0.4) is 0 Å². The molecule has 0 spiro atoms. The molecule has 17 nitrogen and oxygen atoms in total. The first-order valence-electron chi connectivity index (χ1n) is 20.0. The van der Waals surface area contributed by atoms with E-state index in [2.05, 4.69) is 20.1 Å². The van der Waals surface area contributed by atoms with E-state index in [9.17, 15) is 44.4 Å². The summed E-state index contributed by atoms with van der Waals surface area (Å²) in [4.78, 5) is 70.6. The van der Waals surface area contributed by atoms with Crippen LogP contribution < -0.4 is 5.48 Å². The van der Waals surface area contributed by atoms with E-state index >= 15 is 0 Å². The van der Waals surface area contributed by atoms with Crippen LogP contribution in [0.1, 0.15) is 104 Å². The third-order valence-electron chi connectivity index (χ3n) is 8.77. The number of methoxy groups -OCH3 is 2. The van der Waals surface area contributed by atoms with Crippen LogP contribution in [0.15, 0.2) is 59.8 Å². The van der Waals surface area contributed by atoms with Crippen LogP contribution in [0.25, 0.3) is 0 Å². The molecular weight excluding hydrogens is 832 g/mol. The predicted molar refractivity (Wildman–Crippen MR) is 228 cm³/mol. The monoisotopic (exact) mass is 888 g/mol. The van der Waals surface area contributed by atoms with Gasteiger partial charge >= 0.3 is 23.9 Å². The van der Waals surface area contributed by atoms with Gasteiger partial charge in [0, 0.05) is 55.8 Å². The number of hydroxylamine groups is 1. The minimum absolute atomic E-state index is 0.00729. The highest BCUT2D eigenvalue weighted by Gasteiger charge is 2.27. The Hall–Kier alpha value is -5.91. The lowest BCUT2D eigenvalue weighted by atomic mass is 9.96. The van der Waals surface area contributed by atoms with Crippen molar-refractivity contribution in [1.29, 1.82) is 0 Å². The van der Waals surface area contributed by atoms with Crippen molar-refractivity contribution in [1.82, 2.24) is 5.48 Å². The van der Waals surface area contributed by atoms with Gasteiger partial charge < -0.3 is 44.2 Å². The van der Waals surface area contributed by atoms with E-state index in [1.165, 1.54) is 20.3 Å². The van der Waals surface area contributed by atoms with Gasteiger partial charge in [-0.25, -0.2) is 19.2 Å². The first kappa shape index (κ1) is 52.2. The van der Waals surface area contributed by atoms with Crippen molar-refractivity contribution in [3.63, 3.8) is 0 Å². The fourth-order valence-electron chi connectivity index (χ4n) is 5.79. The summed E-state index contributed by atoms with van der Waals surface area (Å²) in [5.41, 5.74) is 3.09. The number of oxime groups is 1. The number of hydrogen-bond acceptors (Lipinski definition) is 17. The second-order valence-electron chi connectivity index (χ2n) is 13.7. The smallest absolute Gasteiger partial charge is 0.346 e. The standard InChI is InChI=1S/C21H26ClNO8.C21H25NO7.C2H6/c1-12-6-4-3-5-7-13(23-30-11-18(27)29-2)8-14(24)9-15-19(21(28)31-12)16(25)10-17(26)20(15)22;1-14-8-6-4-3-5-7-9-16(22-28-13-19(25)27-2)10-15-11-17(23)12-18(24)20(15)21(26)29-14;1-2/h3-4,10,12-13,23,25-26H,5-9,11H2,1-2H3;4,6-7,9,11-12,14,23-24H,3,5,8,10,13H2,1-2H3;1-2H3/b4-3+;6-4+,9-7+,22-16+;. The summed E-state index contributed by atoms with van der Waals surface area (Å²) in [6, 6.07) is 2.94. The Balaban J connectivity index is 0.000000411. The molecule has 0 saturated carbocycles. The highest BCUT2D eigenvalue weighted by atomic mass is 35.5. The lowest BCUT2D eigenvalue weighted by Crippen LogP contribution is -2.34. The molecule has 18 heteroatoms. The summed E-state index contributed by atoms with van der Waals surface area (Å²) in [7, 11) is 2.47. The highest BCUT2D eigenvalue weighted by molar-refractivity contribution is 6.33. The second-order valence-corrected chi connectivity index (χ2v) is 14.1. The Bertz CT molecular complexity index is 1960. The normalized spacial score (nSPS) is 20.9. The molecule has 5 N–H and O–H groups in total. The van der Waals surface area contributed by atoms with Crippen LogP contribution in [0.4, 0.5) is 0 Å². The maximum Gasteiger partial charge on any atom is 0.346 e. The molecule has 340 valence electrons. The van der Waals surface area contributed by atoms with Crippen molar-refractivity contribution in [3.05, 3.63) is 81.9 Å². The van der Waals surface area contributed by atoms with Crippen molar-refractivity contribution in [3.8, 4) is 23.0 Å². The molecule has 0 bridgehead atoms. The molecule has 2 aliphatic rings. The van der Waals surface area contributed by atoms with Gasteiger partial charge in [-0.05, 0) is 57.2 Å². The number of nitrogens with zero attached hydrogens (tertiary/aromatic N) is 1. The number of cyclic esters (lactones) is 2. The number of rotatable bonds is 7. The van der Waals surface area contributed by atoms with Crippen molar-refractivity contribution in [2.24, 2.45) is 5.16 Å². The molecule has 2 aromatic carbocycles. The van der Waals surface area contributed by atoms with Crippen LogP contribution in [-0.2, 0) is 55.8 Å². The number of aromatic hydroxyl groups is 4. The molecule has 0 radical (unpaired) electrons. The summed E-state index contributed by atoms with van der Waals surface area (Å²) in [6.45, 7) is 6.77. The van der Waals surface area contributed by atoms with Gasteiger partial charge in [-0.2, -0.15) is 5.48 Å². The average Bonchev–Trinajstić information content (AvgIpc) is 3.21. The molecule has 0 saturated heterocycles. The minimum atomic E-state index is -0.837. The number of phenolic OH excluding ortho intramolecular Hbond substituents is 4. The zero-order valence-electron chi connectivity index (χ0n) is 35.8. The molecule has 0 aliphatic carbocycles. The molecule has 3 atom stereocenters. The lowest BCUT2D eigenvalue weighted by Gasteiger charge is -2.19. The van der Waals surface area contributed by atoms with E-state index in [1.54, 1.807) is 19.9 Å². The van der Waals surface area contributed by atoms with E-state index in [-0.39, 0.29) is 71.8 Å². The van der Waals surface area contributed by atoms with E-state index in [1.807, 2.05) is 44.2 Å². The van der Waals surface area contributed by atoms with Crippen LogP contribution in [0.2, 0.25) is 5.02 Å². The number of benzene rings is 2. The Kier molecular flexibility index (Phi) is 23.5. The molecule has 4 rings (SSSR count). The van der Waals surface area contributed by atoms with E-state index in [0.717, 1.165) is 25.0 Å². The number of carbonyl (C=O) groups is 5. The maximum absolute atomic E-state index is 12.7. The van der Waals surface area contributed by atoms with Gasteiger partial charge in [0.15, 0.2) is 6.61 Å². The van der Waals surface area contributed by atoms with Gasteiger partial charge in [0.2, 0.25) is 6.61 Å². The van der Waals surface area contributed by atoms with Gasteiger partial charge in [0.05, 0.1) is 25.0 Å². The topological polar surface area (TPSA) is 246 Å². The van der Waals surface area contributed by atoms with E-state index in [0.29, 0.717) is 37.0 Å². The summed E-state index contributed by atoms with van der Waals surface area (Å²) >= 11 is 6.15. The van der Waals surface area contributed by atoms with Gasteiger partial charge in [-0.3, -0.25) is 9.63 Å². The molecule has 0 amide bonds. The van der Waals surface area contributed by atoms with E-state index < -0.39 is 53.3 Å². The zero-order chi connectivity index (χ0) is 46.2. The number of halogens is 1. The highest BCUT2D eigenvalue weighted by Crippen LogP contribution is 2.37. The summed E-state index contributed by atoms with van der Waals surface area (Å²) in [6.07, 6.45) is 13.8. The number of allylic oxidation sites excluding steroid dienone is 4. The van der Waals surface area contributed by atoms with Crippen molar-refractivity contribution >= 4 is 47.0 Å². The van der Waals surface area contributed by atoms with Crippen LogP contribution in [0.5, 0.6) is 23.0 Å². The number of ketones is 1. The molecule has 2 aromatic rings. The van der Waals surface area contributed by atoms with E-state index in [4.69, 9.17) is 30.7 Å². The number of fused-ring (bicyclic) bond motifs is 2. The Morgan fingerprint density at radius 3 is 2.00 bits per heavy atom. The number of nitrogens with one attached hydrogen (secondary N) is 1. The summed E-state index contributed by atoms with van der Waals surface area (Å²) in [5, 5.41) is 44.0. The molecular formula is C44H57ClN2O15. The van der Waals surface area contributed by atoms with Crippen molar-refractivity contribution in [2.45, 2.75) is 104 Å². The predicted octanol–water partition coefficient (Wildman–Crippen LogP) is 6.65. The zero-order valence-corrected chi connectivity index (χ0v) is 36.6. The number of carbonyl (C=O) groups excluding carboxylic acids is 5. The number of ether oxygens (including phenoxy) is 4. The number of hydrogen-bond donors (Lipinski definition) is 5. The molecule has 0 aromatic heterocycles. The minimum Gasteiger partial charge on any atom is -0.508 e. The number of Topliss-reactive ketones (excluding diaryl/α,β-unsaturated/α-hetero) is 1. The molecule has 62 heavy (non-hydrogen) atoms. The average molecular weight is 889 g/mol. The first-order valence-corrected chi connectivity index (χ1v) is 20.4. The lowest BCUT2D eigenvalue weighted by molar-refractivity contribution is -0.150. The van der Waals surface area contributed by atoms with Gasteiger partial charge in [0.1, 0.15) is 52.1 Å². The molecule has 2 aliphatic heterocycles. The Morgan fingerprint density at radius 1 is 0.774 bits per heavy atom. The van der Waals surface area contributed by atoms with Crippen LogP contribution in [-0.4, -0.2) is 101 Å². The molecule has 2 heterocycles. The molecule has 0 fully saturated rings. The van der Waals surface area contributed by atoms with Crippen LogP contribution >= 0.6 is 11.6 Å². The number of phenols is 4. The van der Waals surface area contributed by atoms with Crippen molar-refractivity contribution < 1.29 is 73.0 Å². The SMILES string of the molecule is CC.COC(=O)CO/N=C1\C=C\CC/C=C/CC(C)OC(=O)c2c(O)cc(O)cc2C1.COC(=O)CONC1CC/C=C/CC(C)OC(=O)c2c(O)cc(O)c(Cl)c2CC(=O)C1. The second kappa shape index (κ2) is 27.8. The van der Waals surface area contributed by atoms with Crippen LogP contribution in [0, 0.1) is 0 Å². The third kappa shape index (κ3) is 18.0. The van der Waals surface area contributed by atoms with Gasteiger partial charge in [-0.1, -0.05) is 61.0 Å². The largest absolute Gasteiger partial charge is 0.508 e. The molecule has 3 unspecified atom stereocenters. The quantitative estimate of drug-likeness (QED) is 0.0845. The fourth-order valence-corrected chi connectivity index (χ4v) is 6.01. The first-order chi connectivity index (χ1) is 29.6. The summed E-state index contributed by atoms with van der Waals surface area (Å²) in [5.74, 6) is -4.59. The third-order valence-corrected chi connectivity index (χ3v) is 9.19. The fraction of sp³-hybridized carbons (Fsp3) is 0.455. The Morgan fingerprint density at radius 2 is 1.35 bits per heavy atom. The maximum atomic E-state index is 12.7. The van der Waals surface area contributed by atoms with Gasteiger partial charge in [0.25, 0.3) is 0 Å². The number of esters is 4. The van der Waals surface area contributed by atoms with Crippen molar-refractivity contribution in [2.75, 3.05) is 27.4 Å². The summed E-state index contributed by atoms with van der Waals surface area (Å²) < 4.78 is 19.8. The van der Waals surface area contributed by atoms with Gasteiger partial charge in [-0.15, -0.1) is 0 Å².